The van der Waals surface area contributed by atoms with Gasteiger partial charge >= 0.3 is 5.97 Å². The van der Waals surface area contributed by atoms with Gasteiger partial charge in [0.25, 0.3) is 0 Å². The second kappa shape index (κ2) is 7.49. The van der Waals surface area contributed by atoms with Crippen molar-refractivity contribution >= 4 is 5.97 Å². The van der Waals surface area contributed by atoms with Gasteiger partial charge < -0.3 is 4.74 Å². The SMILES string of the molecule is CC(=O)OCCC/C1=C/CCCCCC1. The molecule has 0 radical (unpaired) electrons. The average molecular weight is 210 g/mol. The van der Waals surface area contributed by atoms with Gasteiger partial charge in [-0.2, -0.15) is 0 Å². The van der Waals surface area contributed by atoms with E-state index in [0.717, 1.165) is 12.8 Å². The lowest BCUT2D eigenvalue weighted by Crippen LogP contribution is -2.01. The first-order chi connectivity index (χ1) is 7.29. The Balaban J connectivity index is 2.15. The Morgan fingerprint density at radius 2 is 2.13 bits per heavy atom. The van der Waals surface area contributed by atoms with Crippen LogP contribution in [0, 0.1) is 0 Å². The van der Waals surface area contributed by atoms with Crippen molar-refractivity contribution in [2.75, 3.05) is 6.61 Å². The first-order valence-corrected chi connectivity index (χ1v) is 6.10. The third-order valence-corrected chi connectivity index (χ3v) is 2.83. The van der Waals surface area contributed by atoms with Gasteiger partial charge in [0.1, 0.15) is 0 Å². The predicted octanol–water partition coefficient (Wildman–Crippen LogP) is 3.61. The van der Waals surface area contributed by atoms with Crippen molar-refractivity contribution < 1.29 is 9.53 Å². The lowest BCUT2D eigenvalue weighted by atomic mass is 9.97. The highest BCUT2D eigenvalue weighted by molar-refractivity contribution is 5.65. The van der Waals surface area contributed by atoms with Gasteiger partial charge in [0.2, 0.25) is 0 Å². The highest BCUT2D eigenvalue weighted by Crippen LogP contribution is 2.20. The smallest absolute Gasteiger partial charge is 0.302 e. The van der Waals surface area contributed by atoms with Gasteiger partial charge in [-0.3, -0.25) is 4.79 Å². The Hall–Kier alpha value is -0.790. The lowest BCUT2D eigenvalue weighted by molar-refractivity contribution is -0.141. The van der Waals surface area contributed by atoms with Crippen LogP contribution in [0.2, 0.25) is 0 Å². The van der Waals surface area contributed by atoms with Crippen molar-refractivity contribution in [1.82, 2.24) is 0 Å². The Morgan fingerprint density at radius 3 is 2.93 bits per heavy atom. The fourth-order valence-corrected chi connectivity index (χ4v) is 2.00. The van der Waals surface area contributed by atoms with Crippen molar-refractivity contribution in [2.45, 2.75) is 58.3 Å². The summed E-state index contributed by atoms with van der Waals surface area (Å²) >= 11 is 0. The van der Waals surface area contributed by atoms with Crippen LogP contribution in [0.5, 0.6) is 0 Å². The first kappa shape index (κ1) is 12.3. The van der Waals surface area contributed by atoms with Crippen LogP contribution in [-0.2, 0) is 9.53 Å². The quantitative estimate of drug-likeness (QED) is 0.402. The maximum absolute atomic E-state index is 10.6. The molecule has 15 heavy (non-hydrogen) atoms. The molecule has 0 spiro atoms. The monoisotopic (exact) mass is 210 g/mol. The van der Waals surface area contributed by atoms with Crippen molar-refractivity contribution in [3.8, 4) is 0 Å². The Bertz CT molecular complexity index is 219. The van der Waals surface area contributed by atoms with Gasteiger partial charge in [-0.05, 0) is 38.5 Å². The molecule has 0 aromatic carbocycles. The van der Waals surface area contributed by atoms with E-state index in [1.807, 2.05) is 0 Å². The summed E-state index contributed by atoms with van der Waals surface area (Å²) in [4.78, 5) is 10.6. The molecule has 0 aromatic rings. The van der Waals surface area contributed by atoms with E-state index in [1.54, 1.807) is 5.57 Å². The zero-order valence-electron chi connectivity index (χ0n) is 9.76. The van der Waals surface area contributed by atoms with Crippen LogP contribution in [0.1, 0.15) is 58.3 Å². The molecule has 2 nitrogen and oxygen atoms in total. The zero-order valence-corrected chi connectivity index (χ0v) is 9.76. The van der Waals surface area contributed by atoms with Crippen LogP contribution < -0.4 is 0 Å². The molecular weight excluding hydrogens is 188 g/mol. The van der Waals surface area contributed by atoms with E-state index in [1.165, 1.54) is 45.4 Å². The molecule has 0 aromatic heterocycles. The molecule has 0 atom stereocenters. The van der Waals surface area contributed by atoms with E-state index in [0.29, 0.717) is 6.61 Å². The van der Waals surface area contributed by atoms with Gasteiger partial charge in [0.15, 0.2) is 0 Å². The molecule has 1 aliphatic carbocycles. The van der Waals surface area contributed by atoms with Crippen LogP contribution in [0.3, 0.4) is 0 Å². The topological polar surface area (TPSA) is 26.3 Å². The van der Waals surface area contributed by atoms with Crippen molar-refractivity contribution in [1.29, 1.82) is 0 Å². The molecule has 0 bridgehead atoms. The van der Waals surface area contributed by atoms with E-state index in [4.69, 9.17) is 4.74 Å². The zero-order chi connectivity index (χ0) is 10.9. The van der Waals surface area contributed by atoms with Gasteiger partial charge in [-0.25, -0.2) is 0 Å². The summed E-state index contributed by atoms with van der Waals surface area (Å²) in [7, 11) is 0. The standard InChI is InChI=1S/C13H22O2/c1-12(14)15-11-7-10-13-8-5-3-2-4-6-9-13/h8H,2-7,9-11H2,1H3/b13-8+. The summed E-state index contributed by atoms with van der Waals surface area (Å²) in [5.41, 5.74) is 1.57. The van der Waals surface area contributed by atoms with E-state index < -0.39 is 0 Å². The normalized spacial score (nSPS) is 21.0. The molecular formula is C13H22O2. The van der Waals surface area contributed by atoms with Gasteiger partial charge in [-0.15, -0.1) is 0 Å². The maximum atomic E-state index is 10.6. The van der Waals surface area contributed by atoms with Crippen LogP contribution in [0.15, 0.2) is 11.6 Å². The molecule has 0 N–H and O–H groups in total. The highest BCUT2D eigenvalue weighted by Gasteiger charge is 2.02. The minimum Gasteiger partial charge on any atom is -0.466 e. The van der Waals surface area contributed by atoms with Crippen LogP contribution >= 0.6 is 0 Å². The van der Waals surface area contributed by atoms with Crippen molar-refractivity contribution in [2.24, 2.45) is 0 Å². The highest BCUT2D eigenvalue weighted by atomic mass is 16.5. The molecule has 0 saturated carbocycles. The average Bonchev–Trinajstić information content (AvgIpc) is 2.14. The fourth-order valence-electron chi connectivity index (χ4n) is 2.00. The summed E-state index contributed by atoms with van der Waals surface area (Å²) in [6.45, 7) is 2.04. The number of ether oxygens (including phenoxy) is 1. The van der Waals surface area contributed by atoms with Crippen LogP contribution in [0.25, 0.3) is 0 Å². The van der Waals surface area contributed by atoms with Gasteiger partial charge in [0, 0.05) is 6.92 Å². The Labute approximate surface area is 92.7 Å². The molecule has 0 aliphatic heterocycles. The number of carbonyl (C=O) groups is 1. The van der Waals surface area contributed by atoms with E-state index >= 15 is 0 Å². The number of hydrogen-bond donors (Lipinski definition) is 0. The second-order valence-electron chi connectivity index (χ2n) is 4.26. The molecule has 0 heterocycles. The number of hydrogen-bond acceptors (Lipinski definition) is 2. The summed E-state index contributed by atoms with van der Waals surface area (Å²) in [6.07, 6.45) is 12.4. The van der Waals surface area contributed by atoms with E-state index in [2.05, 4.69) is 6.08 Å². The third-order valence-electron chi connectivity index (χ3n) is 2.83. The summed E-state index contributed by atoms with van der Waals surface area (Å²) in [5.74, 6) is -0.165. The molecule has 1 rings (SSSR count). The minimum atomic E-state index is -0.165. The maximum Gasteiger partial charge on any atom is 0.302 e. The number of rotatable bonds is 4. The molecule has 0 fully saturated rings. The molecule has 0 unspecified atom stereocenters. The molecule has 0 amide bonds. The van der Waals surface area contributed by atoms with E-state index in [9.17, 15) is 4.79 Å². The molecule has 1 aliphatic rings. The third kappa shape index (κ3) is 6.32. The molecule has 2 heteroatoms. The number of esters is 1. The largest absolute Gasteiger partial charge is 0.466 e. The fraction of sp³-hybridized carbons (Fsp3) is 0.769. The van der Waals surface area contributed by atoms with Crippen molar-refractivity contribution in [3.05, 3.63) is 11.6 Å². The Kier molecular flexibility index (Phi) is 6.14. The summed E-state index contributed by atoms with van der Waals surface area (Å²) < 4.78 is 4.92. The first-order valence-electron chi connectivity index (χ1n) is 6.10. The Morgan fingerprint density at radius 1 is 1.33 bits per heavy atom. The lowest BCUT2D eigenvalue weighted by Gasteiger charge is -2.11. The number of carbonyl (C=O) groups excluding carboxylic acids is 1. The summed E-state index contributed by atoms with van der Waals surface area (Å²) in [6, 6.07) is 0. The molecule has 0 saturated heterocycles. The van der Waals surface area contributed by atoms with Gasteiger partial charge in [-0.1, -0.05) is 24.5 Å². The van der Waals surface area contributed by atoms with Gasteiger partial charge in [0.05, 0.1) is 6.61 Å². The van der Waals surface area contributed by atoms with Crippen molar-refractivity contribution in [3.63, 3.8) is 0 Å². The van der Waals surface area contributed by atoms with Crippen LogP contribution in [0.4, 0.5) is 0 Å². The van der Waals surface area contributed by atoms with Crippen LogP contribution in [-0.4, -0.2) is 12.6 Å². The van der Waals surface area contributed by atoms with E-state index in [-0.39, 0.29) is 5.97 Å². The minimum absolute atomic E-state index is 0.165. The second-order valence-corrected chi connectivity index (χ2v) is 4.26. The predicted molar refractivity (Wildman–Crippen MR) is 61.7 cm³/mol. The molecule has 86 valence electrons. The summed E-state index contributed by atoms with van der Waals surface area (Å²) in [5, 5.41) is 0. The number of allylic oxidation sites excluding steroid dienone is 2.